The summed E-state index contributed by atoms with van der Waals surface area (Å²) in [7, 11) is 3.08. The standard InChI is InChI=1S/C17H20N2O4/c1-21-14-6-5-12(16(9-14)22-2)8-13(10-18)17(20)19-11-15-4-3-7-23-15/h5-6,8-9,15H,3-4,7,11H2,1-2H3,(H,19,20). The second-order valence-electron chi connectivity index (χ2n) is 5.12. The van der Waals surface area contributed by atoms with Gasteiger partial charge in [0.25, 0.3) is 5.91 Å². The first-order valence-corrected chi connectivity index (χ1v) is 7.41. The van der Waals surface area contributed by atoms with E-state index < -0.39 is 5.91 Å². The zero-order valence-electron chi connectivity index (χ0n) is 13.3. The van der Waals surface area contributed by atoms with Gasteiger partial charge in [-0.1, -0.05) is 0 Å². The third-order valence-corrected chi connectivity index (χ3v) is 3.62. The molecule has 1 aromatic rings. The summed E-state index contributed by atoms with van der Waals surface area (Å²) in [6.45, 7) is 1.14. The van der Waals surface area contributed by atoms with Gasteiger partial charge in [-0.15, -0.1) is 0 Å². The van der Waals surface area contributed by atoms with Gasteiger partial charge in [-0.3, -0.25) is 4.79 Å². The largest absolute Gasteiger partial charge is 0.497 e. The second-order valence-corrected chi connectivity index (χ2v) is 5.12. The van der Waals surface area contributed by atoms with Crippen molar-refractivity contribution in [3.8, 4) is 17.6 Å². The molecule has 1 N–H and O–H groups in total. The summed E-state index contributed by atoms with van der Waals surface area (Å²) in [4.78, 5) is 12.1. The molecule has 0 radical (unpaired) electrons. The van der Waals surface area contributed by atoms with Crippen molar-refractivity contribution < 1.29 is 19.0 Å². The summed E-state index contributed by atoms with van der Waals surface area (Å²) in [6, 6.07) is 7.11. The Labute approximate surface area is 135 Å². The Hall–Kier alpha value is -2.52. The lowest BCUT2D eigenvalue weighted by atomic mass is 10.1. The Balaban J connectivity index is 2.11. The quantitative estimate of drug-likeness (QED) is 0.640. The number of methoxy groups -OCH3 is 2. The maximum absolute atomic E-state index is 12.1. The van der Waals surface area contributed by atoms with E-state index in [9.17, 15) is 10.1 Å². The molecule has 0 aromatic heterocycles. The van der Waals surface area contributed by atoms with Gasteiger partial charge in [-0.05, 0) is 31.1 Å². The van der Waals surface area contributed by atoms with Crippen LogP contribution in [0.25, 0.3) is 6.08 Å². The number of nitriles is 1. The Bertz CT molecular complexity index is 628. The van der Waals surface area contributed by atoms with E-state index in [1.54, 1.807) is 25.3 Å². The molecule has 1 fully saturated rings. The predicted molar refractivity (Wildman–Crippen MR) is 85.1 cm³/mol. The molecular formula is C17H20N2O4. The normalized spacial score (nSPS) is 17.4. The van der Waals surface area contributed by atoms with E-state index in [1.807, 2.05) is 6.07 Å². The highest BCUT2D eigenvalue weighted by atomic mass is 16.5. The maximum Gasteiger partial charge on any atom is 0.262 e. The predicted octanol–water partition coefficient (Wildman–Crippen LogP) is 1.91. The third-order valence-electron chi connectivity index (χ3n) is 3.62. The molecule has 2 rings (SSSR count). The Morgan fingerprint density at radius 1 is 1.48 bits per heavy atom. The van der Waals surface area contributed by atoms with Crippen molar-refractivity contribution in [3.63, 3.8) is 0 Å². The lowest BCUT2D eigenvalue weighted by Crippen LogP contribution is -2.32. The zero-order valence-corrected chi connectivity index (χ0v) is 13.3. The van der Waals surface area contributed by atoms with Gasteiger partial charge in [0.1, 0.15) is 23.1 Å². The summed E-state index contributed by atoms with van der Waals surface area (Å²) < 4.78 is 15.8. The molecule has 1 aliphatic rings. The van der Waals surface area contributed by atoms with Gasteiger partial charge < -0.3 is 19.5 Å². The van der Waals surface area contributed by atoms with Gasteiger partial charge in [-0.2, -0.15) is 5.26 Å². The summed E-state index contributed by atoms with van der Waals surface area (Å²) in [5.41, 5.74) is 0.656. The molecule has 1 heterocycles. The molecule has 1 unspecified atom stereocenters. The molecule has 0 saturated carbocycles. The van der Waals surface area contributed by atoms with E-state index in [1.165, 1.54) is 13.2 Å². The Morgan fingerprint density at radius 2 is 2.30 bits per heavy atom. The highest BCUT2D eigenvalue weighted by Crippen LogP contribution is 2.26. The molecule has 1 saturated heterocycles. The van der Waals surface area contributed by atoms with Crippen molar-refractivity contribution in [1.29, 1.82) is 5.26 Å². The van der Waals surface area contributed by atoms with Crippen LogP contribution >= 0.6 is 0 Å². The molecule has 0 spiro atoms. The van der Waals surface area contributed by atoms with Crippen LogP contribution in [0.15, 0.2) is 23.8 Å². The van der Waals surface area contributed by atoms with Crippen molar-refractivity contribution in [2.75, 3.05) is 27.4 Å². The topological polar surface area (TPSA) is 80.6 Å². The Morgan fingerprint density at radius 3 is 2.91 bits per heavy atom. The summed E-state index contributed by atoms with van der Waals surface area (Å²) in [6.07, 6.45) is 3.47. The number of ether oxygens (including phenoxy) is 3. The summed E-state index contributed by atoms with van der Waals surface area (Å²) >= 11 is 0. The van der Waals surface area contributed by atoms with Gasteiger partial charge in [0.05, 0.1) is 20.3 Å². The van der Waals surface area contributed by atoms with Crippen LogP contribution in [0.3, 0.4) is 0 Å². The van der Waals surface area contributed by atoms with Gasteiger partial charge in [0.15, 0.2) is 0 Å². The van der Waals surface area contributed by atoms with Gasteiger partial charge in [0, 0.05) is 24.8 Å². The minimum Gasteiger partial charge on any atom is -0.497 e. The number of amides is 1. The van der Waals surface area contributed by atoms with Crippen LogP contribution in [0, 0.1) is 11.3 Å². The fraction of sp³-hybridized carbons (Fsp3) is 0.412. The molecular weight excluding hydrogens is 296 g/mol. The number of hydrogen-bond donors (Lipinski definition) is 1. The SMILES string of the molecule is COc1ccc(C=C(C#N)C(=O)NCC2CCCO2)c(OC)c1. The minimum atomic E-state index is -0.416. The average molecular weight is 316 g/mol. The number of nitrogens with zero attached hydrogens (tertiary/aromatic N) is 1. The van der Waals surface area contributed by atoms with Crippen LogP contribution in [0.5, 0.6) is 11.5 Å². The minimum absolute atomic E-state index is 0.0199. The molecule has 0 bridgehead atoms. The van der Waals surface area contributed by atoms with Crippen molar-refractivity contribution in [2.45, 2.75) is 18.9 Å². The lowest BCUT2D eigenvalue weighted by Gasteiger charge is -2.11. The number of carbonyl (C=O) groups excluding carboxylic acids is 1. The molecule has 1 atom stereocenters. The van der Waals surface area contributed by atoms with Gasteiger partial charge >= 0.3 is 0 Å². The molecule has 122 valence electrons. The second kappa shape index (κ2) is 8.20. The van der Waals surface area contributed by atoms with Crippen LogP contribution in [0.4, 0.5) is 0 Å². The average Bonchev–Trinajstić information content (AvgIpc) is 3.11. The first kappa shape index (κ1) is 16.8. The van der Waals surface area contributed by atoms with Crippen LogP contribution in [-0.4, -0.2) is 39.4 Å². The van der Waals surface area contributed by atoms with Gasteiger partial charge in [0.2, 0.25) is 0 Å². The van der Waals surface area contributed by atoms with Crippen molar-refractivity contribution in [3.05, 3.63) is 29.3 Å². The van der Waals surface area contributed by atoms with Crippen molar-refractivity contribution in [1.82, 2.24) is 5.32 Å². The third kappa shape index (κ3) is 4.47. The van der Waals surface area contributed by atoms with E-state index in [2.05, 4.69) is 5.32 Å². The van der Waals surface area contributed by atoms with E-state index >= 15 is 0 Å². The first-order valence-electron chi connectivity index (χ1n) is 7.41. The number of benzene rings is 1. The highest BCUT2D eigenvalue weighted by molar-refractivity contribution is 6.02. The van der Waals surface area contributed by atoms with E-state index in [4.69, 9.17) is 14.2 Å². The molecule has 1 amide bonds. The molecule has 6 heteroatoms. The van der Waals surface area contributed by atoms with Crippen LogP contribution < -0.4 is 14.8 Å². The van der Waals surface area contributed by atoms with Crippen LogP contribution in [0.1, 0.15) is 18.4 Å². The van der Waals surface area contributed by atoms with Crippen molar-refractivity contribution >= 4 is 12.0 Å². The van der Waals surface area contributed by atoms with Gasteiger partial charge in [-0.25, -0.2) is 0 Å². The monoisotopic (exact) mass is 316 g/mol. The lowest BCUT2D eigenvalue weighted by molar-refractivity contribution is -0.117. The van der Waals surface area contributed by atoms with E-state index in [0.717, 1.165) is 19.4 Å². The Kier molecular flexibility index (Phi) is 6.01. The number of nitrogens with one attached hydrogen (secondary N) is 1. The summed E-state index contributed by atoms with van der Waals surface area (Å²) in [5.74, 6) is 0.755. The first-order chi connectivity index (χ1) is 11.2. The fourth-order valence-electron chi connectivity index (χ4n) is 2.35. The number of hydrogen-bond acceptors (Lipinski definition) is 5. The highest BCUT2D eigenvalue weighted by Gasteiger charge is 2.18. The number of rotatable bonds is 6. The van der Waals surface area contributed by atoms with Crippen molar-refractivity contribution in [2.24, 2.45) is 0 Å². The molecule has 0 aliphatic carbocycles. The molecule has 6 nitrogen and oxygen atoms in total. The van der Waals surface area contributed by atoms with Crippen LogP contribution in [-0.2, 0) is 9.53 Å². The fourth-order valence-corrected chi connectivity index (χ4v) is 2.35. The number of carbonyl (C=O) groups is 1. The molecule has 23 heavy (non-hydrogen) atoms. The zero-order chi connectivity index (χ0) is 16.7. The smallest absolute Gasteiger partial charge is 0.262 e. The van der Waals surface area contributed by atoms with E-state index in [-0.39, 0.29) is 11.7 Å². The molecule has 1 aliphatic heterocycles. The summed E-state index contributed by atoms with van der Waals surface area (Å²) in [5, 5.41) is 12.0. The van der Waals surface area contributed by atoms with E-state index in [0.29, 0.717) is 23.6 Å². The van der Waals surface area contributed by atoms with Crippen LogP contribution in [0.2, 0.25) is 0 Å². The molecule has 1 aromatic carbocycles. The maximum atomic E-state index is 12.1.